The Bertz CT molecular complexity index is 399. The maximum absolute atomic E-state index is 11.4. The highest BCUT2D eigenvalue weighted by Crippen LogP contribution is 2.10. The Morgan fingerprint density at radius 2 is 2.05 bits per heavy atom. The first-order valence-electron chi connectivity index (χ1n) is 6.11. The molecule has 0 fully saturated rings. The van der Waals surface area contributed by atoms with Gasteiger partial charge >= 0.3 is 6.09 Å². The molecule has 1 amide bonds. The van der Waals surface area contributed by atoms with Gasteiger partial charge in [0.05, 0.1) is 13.3 Å². The van der Waals surface area contributed by atoms with E-state index in [2.05, 4.69) is 15.6 Å². The third-order valence-corrected chi connectivity index (χ3v) is 2.07. The predicted molar refractivity (Wildman–Crippen MR) is 73.5 cm³/mol. The van der Waals surface area contributed by atoms with Crippen molar-refractivity contribution in [2.24, 2.45) is 0 Å². The Morgan fingerprint density at radius 1 is 1.32 bits per heavy atom. The van der Waals surface area contributed by atoms with Gasteiger partial charge in [0.25, 0.3) is 0 Å². The first-order chi connectivity index (χ1) is 8.90. The Balaban J connectivity index is 2.21. The number of carbonyl (C=O) groups excluding carboxylic acids is 1. The summed E-state index contributed by atoms with van der Waals surface area (Å²) in [7, 11) is 1.59. The zero-order valence-electron chi connectivity index (χ0n) is 11.8. The summed E-state index contributed by atoms with van der Waals surface area (Å²) in [6.07, 6.45) is 1.21. The molecule has 1 rings (SSSR count). The van der Waals surface area contributed by atoms with E-state index in [0.717, 1.165) is 5.82 Å². The maximum Gasteiger partial charge on any atom is 0.407 e. The van der Waals surface area contributed by atoms with Crippen molar-refractivity contribution in [2.45, 2.75) is 26.4 Å². The molecule has 0 aliphatic carbocycles. The van der Waals surface area contributed by atoms with Crippen LogP contribution in [0.1, 0.15) is 20.8 Å². The second-order valence-electron chi connectivity index (χ2n) is 4.94. The SMILES string of the molecule is COc1ccc(NCCNC(=O)OC(C)(C)C)nc1. The van der Waals surface area contributed by atoms with E-state index in [1.807, 2.05) is 32.9 Å². The van der Waals surface area contributed by atoms with Crippen molar-refractivity contribution in [3.63, 3.8) is 0 Å². The molecule has 0 radical (unpaired) electrons. The second kappa shape index (κ2) is 6.82. The molecule has 1 aromatic heterocycles. The van der Waals surface area contributed by atoms with E-state index in [1.54, 1.807) is 13.3 Å². The molecule has 106 valence electrons. The van der Waals surface area contributed by atoms with Crippen molar-refractivity contribution < 1.29 is 14.3 Å². The van der Waals surface area contributed by atoms with E-state index in [4.69, 9.17) is 9.47 Å². The number of anilines is 1. The van der Waals surface area contributed by atoms with Crippen LogP contribution >= 0.6 is 0 Å². The monoisotopic (exact) mass is 267 g/mol. The summed E-state index contributed by atoms with van der Waals surface area (Å²) in [6, 6.07) is 3.63. The van der Waals surface area contributed by atoms with Crippen LogP contribution in [0.2, 0.25) is 0 Å². The molecule has 0 aliphatic heterocycles. The lowest BCUT2D eigenvalue weighted by Crippen LogP contribution is -2.35. The number of rotatable bonds is 5. The van der Waals surface area contributed by atoms with Crippen LogP contribution in [0.25, 0.3) is 0 Å². The van der Waals surface area contributed by atoms with Gasteiger partial charge in [-0.3, -0.25) is 0 Å². The average molecular weight is 267 g/mol. The Morgan fingerprint density at radius 3 is 2.58 bits per heavy atom. The molecule has 0 unspecified atom stereocenters. The highest BCUT2D eigenvalue weighted by molar-refractivity contribution is 5.67. The van der Waals surface area contributed by atoms with E-state index in [0.29, 0.717) is 18.8 Å². The molecular formula is C13H21N3O3. The Kier molecular flexibility index (Phi) is 5.41. The molecule has 2 N–H and O–H groups in total. The standard InChI is InChI=1S/C13H21N3O3/c1-13(2,3)19-12(17)15-8-7-14-11-6-5-10(18-4)9-16-11/h5-6,9H,7-8H2,1-4H3,(H,14,16)(H,15,17). The number of alkyl carbamates (subject to hydrolysis) is 1. The molecule has 0 saturated carbocycles. The fourth-order valence-corrected chi connectivity index (χ4v) is 1.27. The molecule has 0 aliphatic rings. The zero-order chi connectivity index (χ0) is 14.3. The quantitative estimate of drug-likeness (QED) is 0.799. The van der Waals surface area contributed by atoms with E-state index in [1.165, 1.54) is 0 Å². The first-order valence-corrected chi connectivity index (χ1v) is 6.11. The van der Waals surface area contributed by atoms with Crippen LogP contribution in [0.5, 0.6) is 5.75 Å². The molecule has 0 saturated heterocycles. The molecule has 1 aromatic rings. The van der Waals surface area contributed by atoms with Gasteiger partial charge in [-0.25, -0.2) is 9.78 Å². The van der Waals surface area contributed by atoms with E-state index >= 15 is 0 Å². The van der Waals surface area contributed by atoms with E-state index in [-0.39, 0.29) is 0 Å². The van der Waals surface area contributed by atoms with Crippen molar-refractivity contribution in [3.8, 4) is 5.75 Å². The molecule has 19 heavy (non-hydrogen) atoms. The van der Waals surface area contributed by atoms with Crippen molar-refractivity contribution in [2.75, 3.05) is 25.5 Å². The summed E-state index contributed by atoms with van der Waals surface area (Å²) < 4.78 is 10.1. The Labute approximate surface area is 113 Å². The summed E-state index contributed by atoms with van der Waals surface area (Å²) >= 11 is 0. The van der Waals surface area contributed by atoms with E-state index in [9.17, 15) is 4.79 Å². The highest BCUT2D eigenvalue weighted by atomic mass is 16.6. The number of amides is 1. The molecule has 6 heteroatoms. The molecule has 0 aromatic carbocycles. The minimum Gasteiger partial charge on any atom is -0.495 e. The Hall–Kier alpha value is -1.98. The number of hydrogen-bond acceptors (Lipinski definition) is 5. The van der Waals surface area contributed by atoms with Gasteiger partial charge in [-0.1, -0.05) is 0 Å². The zero-order valence-corrected chi connectivity index (χ0v) is 11.8. The summed E-state index contributed by atoms with van der Waals surface area (Å²) in [4.78, 5) is 15.5. The lowest BCUT2D eigenvalue weighted by Gasteiger charge is -2.19. The summed E-state index contributed by atoms with van der Waals surface area (Å²) in [5.74, 6) is 1.43. The molecule has 1 heterocycles. The van der Waals surface area contributed by atoms with Crippen LogP contribution in [-0.4, -0.2) is 36.9 Å². The molecule has 6 nitrogen and oxygen atoms in total. The van der Waals surface area contributed by atoms with Crippen molar-refractivity contribution in [1.29, 1.82) is 0 Å². The molecular weight excluding hydrogens is 246 g/mol. The van der Waals surface area contributed by atoms with Crippen molar-refractivity contribution in [3.05, 3.63) is 18.3 Å². The minimum atomic E-state index is -0.477. The third kappa shape index (κ3) is 6.49. The fraction of sp³-hybridized carbons (Fsp3) is 0.538. The summed E-state index contributed by atoms with van der Waals surface area (Å²) in [6.45, 7) is 6.51. The lowest BCUT2D eigenvalue weighted by atomic mass is 10.2. The van der Waals surface area contributed by atoms with Gasteiger partial charge in [-0.2, -0.15) is 0 Å². The lowest BCUT2D eigenvalue weighted by molar-refractivity contribution is 0.0530. The molecule has 0 atom stereocenters. The van der Waals surface area contributed by atoms with Gasteiger partial charge in [0.15, 0.2) is 0 Å². The normalized spacial score (nSPS) is 10.7. The number of nitrogens with one attached hydrogen (secondary N) is 2. The number of carbonyl (C=O) groups is 1. The molecule has 0 bridgehead atoms. The topological polar surface area (TPSA) is 72.5 Å². The number of aromatic nitrogens is 1. The van der Waals surface area contributed by atoms with Crippen LogP contribution in [-0.2, 0) is 4.74 Å². The van der Waals surface area contributed by atoms with E-state index < -0.39 is 11.7 Å². The number of nitrogens with zero attached hydrogens (tertiary/aromatic N) is 1. The highest BCUT2D eigenvalue weighted by Gasteiger charge is 2.15. The van der Waals surface area contributed by atoms with Gasteiger partial charge in [-0.05, 0) is 32.9 Å². The van der Waals surface area contributed by atoms with Crippen molar-refractivity contribution in [1.82, 2.24) is 10.3 Å². The van der Waals surface area contributed by atoms with Gasteiger partial charge in [-0.15, -0.1) is 0 Å². The van der Waals surface area contributed by atoms with Crippen LogP contribution in [0.15, 0.2) is 18.3 Å². The van der Waals surface area contributed by atoms with Gasteiger partial charge in [0.2, 0.25) is 0 Å². The van der Waals surface area contributed by atoms with Crippen molar-refractivity contribution >= 4 is 11.9 Å². The number of hydrogen-bond donors (Lipinski definition) is 2. The summed E-state index contributed by atoms with van der Waals surface area (Å²) in [5, 5.41) is 5.73. The maximum atomic E-state index is 11.4. The number of methoxy groups -OCH3 is 1. The van der Waals surface area contributed by atoms with Gasteiger partial charge < -0.3 is 20.1 Å². The summed E-state index contributed by atoms with van der Waals surface area (Å²) in [5.41, 5.74) is -0.477. The predicted octanol–water partition coefficient (Wildman–Crippen LogP) is 2.03. The average Bonchev–Trinajstić information content (AvgIpc) is 2.33. The molecule has 0 spiro atoms. The minimum absolute atomic E-state index is 0.419. The first kappa shape index (κ1) is 15.1. The second-order valence-corrected chi connectivity index (χ2v) is 4.94. The van der Waals surface area contributed by atoms with Crippen LogP contribution in [0.3, 0.4) is 0 Å². The number of pyridine rings is 1. The third-order valence-electron chi connectivity index (χ3n) is 2.07. The van der Waals surface area contributed by atoms with Crippen LogP contribution < -0.4 is 15.4 Å². The van der Waals surface area contributed by atoms with Gasteiger partial charge in [0.1, 0.15) is 17.2 Å². The smallest absolute Gasteiger partial charge is 0.407 e. The fourth-order valence-electron chi connectivity index (χ4n) is 1.27. The van der Waals surface area contributed by atoms with Crippen LogP contribution in [0, 0.1) is 0 Å². The van der Waals surface area contributed by atoms with Gasteiger partial charge in [0, 0.05) is 13.1 Å². The largest absolute Gasteiger partial charge is 0.495 e. The van der Waals surface area contributed by atoms with Crippen LogP contribution in [0.4, 0.5) is 10.6 Å². The number of ether oxygens (including phenoxy) is 2.